The molecule has 3 aromatic carbocycles. The van der Waals surface area contributed by atoms with Gasteiger partial charge >= 0.3 is 5.97 Å². The molecule has 9 nitrogen and oxygen atoms in total. The molecule has 1 unspecified atom stereocenters. The Labute approximate surface area is 289 Å². The van der Waals surface area contributed by atoms with Crippen molar-refractivity contribution in [1.82, 2.24) is 19.5 Å². The molecule has 10 heteroatoms. The van der Waals surface area contributed by atoms with Gasteiger partial charge in [0.05, 0.1) is 23.3 Å². The standard InChI is InChI=1S/C39H38ClN5O4/c1-20-12-13-29-28(10-8-14-49-27-15-21(2)34(40)22(3)16-27)37-38(46)44(31-11-7-9-26-17-30(39(47)48)43-35(26)31)18-23(4)45(37)36(29)32(20)33-24(5)41-19-42-25(33)6/h7,9,11-13,15-17,19,23,43H,8,10,14,18H2,1-6H3,(H,47,48). The Morgan fingerprint density at radius 2 is 1.71 bits per heavy atom. The molecule has 0 spiro atoms. The van der Waals surface area contributed by atoms with E-state index < -0.39 is 5.97 Å². The molecule has 3 aromatic heterocycles. The van der Waals surface area contributed by atoms with Crippen molar-refractivity contribution in [2.75, 3.05) is 18.1 Å². The third-order valence-corrected chi connectivity index (χ3v) is 10.3. The van der Waals surface area contributed by atoms with Gasteiger partial charge in [0.1, 0.15) is 23.5 Å². The molecule has 1 atom stereocenters. The van der Waals surface area contributed by atoms with Gasteiger partial charge in [0.2, 0.25) is 0 Å². The Morgan fingerprint density at radius 3 is 2.41 bits per heavy atom. The van der Waals surface area contributed by atoms with Crippen molar-refractivity contribution in [2.45, 2.75) is 60.4 Å². The maximum atomic E-state index is 14.9. The fourth-order valence-corrected chi connectivity index (χ4v) is 7.55. The first-order valence-corrected chi connectivity index (χ1v) is 16.8. The number of aromatic carboxylic acids is 1. The van der Waals surface area contributed by atoms with Crippen molar-refractivity contribution in [3.8, 4) is 16.9 Å². The zero-order valence-electron chi connectivity index (χ0n) is 28.4. The number of fused-ring (bicyclic) bond motifs is 4. The van der Waals surface area contributed by atoms with E-state index in [0.29, 0.717) is 42.9 Å². The molecule has 0 fully saturated rings. The van der Waals surface area contributed by atoms with E-state index in [1.165, 1.54) is 0 Å². The molecule has 0 bridgehead atoms. The van der Waals surface area contributed by atoms with Gasteiger partial charge in [-0.25, -0.2) is 14.8 Å². The molecule has 4 heterocycles. The number of ether oxygens (including phenoxy) is 1. The molecular weight excluding hydrogens is 638 g/mol. The minimum Gasteiger partial charge on any atom is -0.494 e. The number of carboxylic acid groups (broad SMARTS) is 1. The van der Waals surface area contributed by atoms with E-state index in [2.05, 4.69) is 45.5 Å². The van der Waals surface area contributed by atoms with Gasteiger partial charge in [-0.15, -0.1) is 0 Å². The topological polar surface area (TPSA) is 113 Å². The quantitative estimate of drug-likeness (QED) is 0.156. The first kappa shape index (κ1) is 32.4. The summed E-state index contributed by atoms with van der Waals surface area (Å²) in [5.41, 5.74) is 10.7. The van der Waals surface area contributed by atoms with Crippen LogP contribution in [0.3, 0.4) is 0 Å². The summed E-state index contributed by atoms with van der Waals surface area (Å²) in [7, 11) is 0. The third-order valence-electron chi connectivity index (χ3n) is 9.70. The van der Waals surface area contributed by atoms with Crippen LogP contribution in [0.25, 0.3) is 32.9 Å². The number of aryl methyl sites for hydroxylation is 6. The maximum absolute atomic E-state index is 14.9. The fraction of sp³-hybridized carbons (Fsp3) is 0.282. The van der Waals surface area contributed by atoms with Crippen LogP contribution in [0.2, 0.25) is 5.02 Å². The number of anilines is 1. The molecule has 49 heavy (non-hydrogen) atoms. The number of halogens is 1. The number of hydrogen-bond acceptors (Lipinski definition) is 5. The average molecular weight is 676 g/mol. The van der Waals surface area contributed by atoms with Crippen LogP contribution in [-0.4, -0.2) is 49.7 Å². The third kappa shape index (κ3) is 5.42. The lowest BCUT2D eigenvalue weighted by Gasteiger charge is -2.34. The molecule has 0 radical (unpaired) electrons. The molecule has 250 valence electrons. The van der Waals surface area contributed by atoms with Crippen LogP contribution in [0.15, 0.2) is 54.9 Å². The highest BCUT2D eigenvalue weighted by Gasteiger charge is 2.37. The minimum absolute atomic E-state index is 0.0803. The van der Waals surface area contributed by atoms with E-state index in [1.807, 2.05) is 58.0 Å². The summed E-state index contributed by atoms with van der Waals surface area (Å²) in [6.07, 6.45) is 2.88. The SMILES string of the molecule is Cc1cc(OCCCc2c3n(c4c(-c5c(C)ncnc5C)c(C)ccc24)C(C)CN(c2cccc4cc(C(=O)O)[nH]c24)C3=O)cc(C)c1Cl. The van der Waals surface area contributed by atoms with E-state index in [0.717, 1.165) is 71.8 Å². The van der Waals surface area contributed by atoms with Gasteiger partial charge in [-0.1, -0.05) is 35.9 Å². The van der Waals surface area contributed by atoms with Crippen molar-refractivity contribution in [3.05, 3.63) is 105 Å². The molecule has 7 rings (SSSR count). The second-order valence-corrected chi connectivity index (χ2v) is 13.5. The highest BCUT2D eigenvalue weighted by Crippen LogP contribution is 2.44. The van der Waals surface area contributed by atoms with Crippen LogP contribution < -0.4 is 9.64 Å². The summed E-state index contributed by atoms with van der Waals surface area (Å²) >= 11 is 6.39. The number of aromatic nitrogens is 4. The number of rotatable bonds is 8. The van der Waals surface area contributed by atoms with E-state index in [1.54, 1.807) is 17.3 Å². The van der Waals surface area contributed by atoms with Crippen LogP contribution in [0.5, 0.6) is 5.75 Å². The monoisotopic (exact) mass is 675 g/mol. The Morgan fingerprint density at radius 1 is 1.00 bits per heavy atom. The number of nitrogens with zero attached hydrogens (tertiary/aromatic N) is 4. The first-order chi connectivity index (χ1) is 23.5. The number of amides is 1. The number of carbonyl (C=O) groups excluding carboxylic acids is 1. The summed E-state index contributed by atoms with van der Waals surface area (Å²) in [5.74, 6) is -0.409. The lowest BCUT2D eigenvalue weighted by atomic mass is 9.94. The number of aromatic amines is 1. The normalized spacial score (nSPS) is 14.6. The number of carboxylic acids is 1. The van der Waals surface area contributed by atoms with Gasteiger partial charge in [0.15, 0.2) is 0 Å². The van der Waals surface area contributed by atoms with Crippen molar-refractivity contribution in [1.29, 1.82) is 0 Å². The van der Waals surface area contributed by atoms with E-state index in [4.69, 9.17) is 16.3 Å². The molecule has 0 saturated heterocycles. The van der Waals surface area contributed by atoms with E-state index >= 15 is 0 Å². The van der Waals surface area contributed by atoms with Crippen LogP contribution in [0, 0.1) is 34.6 Å². The smallest absolute Gasteiger partial charge is 0.352 e. The zero-order chi connectivity index (χ0) is 34.7. The summed E-state index contributed by atoms with van der Waals surface area (Å²) < 4.78 is 8.41. The predicted molar refractivity (Wildman–Crippen MR) is 194 cm³/mol. The molecule has 6 aromatic rings. The van der Waals surface area contributed by atoms with E-state index in [9.17, 15) is 14.7 Å². The van der Waals surface area contributed by atoms with Crippen molar-refractivity contribution in [3.63, 3.8) is 0 Å². The second-order valence-electron chi connectivity index (χ2n) is 13.1. The molecule has 1 amide bonds. The Kier molecular flexibility index (Phi) is 8.19. The average Bonchev–Trinajstić information content (AvgIpc) is 3.65. The van der Waals surface area contributed by atoms with Crippen molar-refractivity contribution >= 4 is 51.0 Å². The molecule has 0 saturated carbocycles. The Hall–Kier alpha value is -5.15. The van der Waals surface area contributed by atoms with Crippen LogP contribution in [0.1, 0.15) is 74.0 Å². The van der Waals surface area contributed by atoms with E-state index in [-0.39, 0.29) is 17.6 Å². The van der Waals surface area contributed by atoms with Gasteiger partial charge in [-0.2, -0.15) is 0 Å². The number of hydrogen-bond donors (Lipinski definition) is 2. The highest BCUT2D eigenvalue weighted by molar-refractivity contribution is 6.32. The summed E-state index contributed by atoms with van der Waals surface area (Å²) in [6.45, 7) is 13.0. The predicted octanol–water partition coefficient (Wildman–Crippen LogP) is 8.71. The Balaban J connectivity index is 1.37. The van der Waals surface area contributed by atoms with Crippen molar-refractivity contribution in [2.24, 2.45) is 0 Å². The van der Waals surface area contributed by atoms with Gasteiger partial charge in [0, 0.05) is 50.9 Å². The maximum Gasteiger partial charge on any atom is 0.352 e. The van der Waals surface area contributed by atoms with Crippen LogP contribution in [0.4, 0.5) is 5.69 Å². The van der Waals surface area contributed by atoms with Crippen molar-refractivity contribution < 1.29 is 19.4 Å². The van der Waals surface area contributed by atoms with Crippen LogP contribution >= 0.6 is 11.6 Å². The van der Waals surface area contributed by atoms with Gasteiger partial charge < -0.3 is 24.3 Å². The Bertz CT molecular complexity index is 2280. The number of H-pyrrole nitrogens is 1. The van der Waals surface area contributed by atoms with Crippen LogP contribution in [-0.2, 0) is 6.42 Å². The minimum atomic E-state index is -1.05. The molecule has 2 N–H and O–H groups in total. The second kappa shape index (κ2) is 12.4. The number of benzene rings is 3. The number of carbonyl (C=O) groups is 2. The summed E-state index contributed by atoms with van der Waals surface area (Å²) in [5, 5.41) is 12.2. The first-order valence-electron chi connectivity index (χ1n) is 16.5. The lowest BCUT2D eigenvalue weighted by molar-refractivity contribution is 0.0691. The zero-order valence-corrected chi connectivity index (χ0v) is 29.2. The largest absolute Gasteiger partial charge is 0.494 e. The molecule has 0 aliphatic carbocycles. The van der Waals surface area contributed by atoms with Gasteiger partial charge in [-0.05, 0) is 101 Å². The summed E-state index contributed by atoms with van der Waals surface area (Å²) in [4.78, 5) is 40.6. The molecule has 1 aliphatic heterocycles. The summed E-state index contributed by atoms with van der Waals surface area (Å²) in [6, 6.07) is 15.2. The van der Waals surface area contributed by atoms with Gasteiger partial charge in [-0.3, -0.25) is 4.79 Å². The number of nitrogens with one attached hydrogen (secondary N) is 1. The highest BCUT2D eigenvalue weighted by atomic mass is 35.5. The molecule has 1 aliphatic rings. The number of para-hydroxylation sites is 1. The molecular formula is C39H38ClN5O4. The fourth-order valence-electron chi connectivity index (χ4n) is 7.44. The lowest BCUT2D eigenvalue weighted by Crippen LogP contribution is -2.42. The van der Waals surface area contributed by atoms with Gasteiger partial charge in [0.25, 0.3) is 5.91 Å².